The van der Waals surface area contributed by atoms with Crippen molar-refractivity contribution in [3.63, 3.8) is 0 Å². The molecule has 96 valence electrons. The SMILES string of the molecule is O=C(O)/C=C/C(=O)NCCN1CCCCCC1. The van der Waals surface area contributed by atoms with Crippen LogP contribution in [0.25, 0.3) is 0 Å². The van der Waals surface area contributed by atoms with Crippen LogP contribution in [0.3, 0.4) is 0 Å². The van der Waals surface area contributed by atoms with Gasteiger partial charge in [0.15, 0.2) is 0 Å². The van der Waals surface area contributed by atoms with Gasteiger partial charge < -0.3 is 15.3 Å². The minimum Gasteiger partial charge on any atom is -0.478 e. The monoisotopic (exact) mass is 240 g/mol. The van der Waals surface area contributed by atoms with E-state index in [0.717, 1.165) is 31.8 Å². The molecule has 1 saturated heterocycles. The Morgan fingerprint density at radius 1 is 1.12 bits per heavy atom. The maximum atomic E-state index is 11.2. The molecule has 1 rings (SSSR count). The minimum atomic E-state index is -1.10. The highest BCUT2D eigenvalue weighted by Gasteiger charge is 2.08. The summed E-state index contributed by atoms with van der Waals surface area (Å²) in [4.78, 5) is 23.7. The quantitative estimate of drug-likeness (QED) is 0.691. The second kappa shape index (κ2) is 7.84. The van der Waals surface area contributed by atoms with Crippen LogP contribution in [0.5, 0.6) is 0 Å². The molecule has 0 atom stereocenters. The van der Waals surface area contributed by atoms with Gasteiger partial charge in [0.2, 0.25) is 5.91 Å². The van der Waals surface area contributed by atoms with Crippen LogP contribution in [-0.4, -0.2) is 48.1 Å². The van der Waals surface area contributed by atoms with Gasteiger partial charge in [-0.25, -0.2) is 4.79 Å². The predicted molar refractivity (Wildman–Crippen MR) is 64.7 cm³/mol. The van der Waals surface area contributed by atoms with E-state index >= 15 is 0 Å². The number of nitrogens with zero attached hydrogens (tertiary/aromatic N) is 1. The third kappa shape index (κ3) is 6.73. The molecule has 0 spiro atoms. The zero-order valence-corrected chi connectivity index (χ0v) is 10.0. The van der Waals surface area contributed by atoms with Gasteiger partial charge >= 0.3 is 5.97 Å². The summed E-state index contributed by atoms with van der Waals surface area (Å²) in [5.74, 6) is -1.45. The zero-order valence-electron chi connectivity index (χ0n) is 10.0. The Bertz CT molecular complexity index is 281. The number of likely N-dealkylation sites (tertiary alicyclic amines) is 1. The molecule has 1 fully saturated rings. The lowest BCUT2D eigenvalue weighted by atomic mass is 10.2. The largest absolute Gasteiger partial charge is 0.478 e. The number of aliphatic carboxylic acids is 1. The van der Waals surface area contributed by atoms with Crippen LogP contribution in [0.4, 0.5) is 0 Å². The minimum absolute atomic E-state index is 0.345. The van der Waals surface area contributed by atoms with E-state index in [1.807, 2.05) is 0 Å². The first-order valence-corrected chi connectivity index (χ1v) is 6.09. The van der Waals surface area contributed by atoms with Gasteiger partial charge in [0.25, 0.3) is 0 Å². The molecular weight excluding hydrogens is 220 g/mol. The Hall–Kier alpha value is -1.36. The normalized spacial score (nSPS) is 17.9. The summed E-state index contributed by atoms with van der Waals surface area (Å²) >= 11 is 0. The summed E-state index contributed by atoms with van der Waals surface area (Å²) < 4.78 is 0. The lowest BCUT2D eigenvalue weighted by molar-refractivity contribution is -0.131. The van der Waals surface area contributed by atoms with Crippen molar-refractivity contribution in [1.29, 1.82) is 0 Å². The van der Waals surface area contributed by atoms with Crippen molar-refractivity contribution < 1.29 is 14.7 Å². The molecule has 0 unspecified atom stereocenters. The number of rotatable bonds is 5. The van der Waals surface area contributed by atoms with E-state index in [0.29, 0.717) is 6.54 Å². The smallest absolute Gasteiger partial charge is 0.328 e. The standard InChI is InChI=1S/C12H20N2O3/c15-11(5-6-12(16)17)13-7-10-14-8-3-1-2-4-9-14/h5-6H,1-4,7-10H2,(H,13,15)(H,16,17)/b6-5+. The molecule has 2 N–H and O–H groups in total. The highest BCUT2D eigenvalue weighted by molar-refractivity contribution is 5.93. The third-order valence-corrected chi connectivity index (χ3v) is 2.80. The molecule has 0 saturated carbocycles. The first-order valence-electron chi connectivity index (χ1n) is 6.09. The number of carbonyl (C=O) groups excluding carboxylic acids is 1. The van der Waals surface area contributed by atoms with Crippen LogP contribution in [0.1, 0.15) is 25.7 Å². The number of hydrogen-bond acceptors (Lipinski definition) is 3. The predicted octanol–water partition coefficient (Wildman–Crippen LogP) is 0.619. The van der Waals surface area contributed by atoms with Gasteiger partial charge in [-0.3, -0.25) is 4.79 Å². The molecule has 1 heterocycles. The molecule has 5 nitrogen and oxygen atoms in total. The lowest BCUT2D eigenvalue weighted by Gasteiger charge is -2.19. The maximum Gasteiger partial charge on any atom is 0.328 e. The number of nitrogens with one attached hydrogen (secondary N) is 1. The summed E-state index contributed by atoms with van der Waals surface area (Å²) in [6, 6.07) is 0. The average Bonchev–Trinajstić information content (AvgIpc) is 2.55. The van der Waals surface area contributed by atoms with Gasteiger partial charge in [0, 0.05) is 25.2 Å². The molecule has 1 amide bonds. The Balaban J connectivity index is 2.13. The zero-order chi connectivity index (χ0) is 12.5. The molecule has 5 heteroatoms. The molecule has 0 radical (unpaired) electrons. The first kappa shape index (κ1) is 13.7. The average molecular weight is 240 g/mol. The van der Waals surface area contributed by atoms with Gasteiger partial charge in [0.05, 0.1) is 0 Å². The second-order valence-electron chi connectivity index (χ2n) is 4.22. The highest BCUT2D eigenvalue weighted by atomic mass is 16.4. The summed E-state index contributed by atoms with van der Waals surface area (Å²) in [7, 11) is 0. The summed E-state index contributed by atoms with van der Waals surface area (Å²) in [6.07, 6.45) is 6.94. The fourth-order valence-electron chi connectivity index (χ4n) is 1.90. The van der Waals surface area contributed by atoms with Gasteiger partial charge in [-0.15, -0.1) is 0 Å². The van der Waals surface area contributed by atoms with E-state index in [-0.39, 0.29) is 5.91 Å². The van der Waals surface area contributed by atoms with Crippen LogP contribution in [-0.2, 0) is 9.59 Å². The van der Waals surface area contributed by atoms with Crippen molar-refractivity contribution >= 4 is 11.9 Å². The topological polar surface area (TPSA) is 69.6 Å². The molecule has 0 aromatic rings. The summed E-state index contributed by atoms with van der Waals surface area (Å²) in [5, 5.41) is 11.0. The summed E-state index contributed by atoms with van der Waals surface area (Å²) in [6.45, 7) is 3.61. The van der Waals surface area contributed by atoms with Crippen molar-refractivity contribution in [1.82, 2.24) is 10.2 Å². The van der Waals surface area contributed by atoms with Crippen molar-refractivity contribution in [2.75, 3.05) is 26.2 Å². The molecule has 1 aliphatic heterocycles. The molecule has 0 aromatic heterocycles. The van der Waals surface area contributed by atoms with E-state index in [1.165, 1.54) is 25.7 Å². The van der Waals surface area contributed by atoms with E-state index < -0.39 is 5.97 Å². The molecule has 0 aromatic carbocycles. The Morgan fingerprint density at radius 3 is 2.35 bits per heavy atom. The van der Waals surface area contributed by atoms with Crippen molar-refractivity contribution in [2.45, 2.75) is 25.7 Å². The lowest BCUT2D eigenvalue weighted by Crippen LogP contribution is -2.34. The van der Waals surface area contributed by atoms with Crippen LogP contribution in [0, 0.1) is 0 Å². The van der Waals surface area contributed by atoms with Gasteiger partial charge in [-0.05, 0) is 25.9 Å². The van der Waals surface area contributed by atoms with Crippen molar-refractivity contribution in [3.05, 3.63) is 12.2 Å². The van der Waals surface area contributed by atoms with Crippen molar-refractivity contribution in [3.8, 4) is 0 Å². The van der Waals surface area contributed by atoms with E-state index in [1.54, 1.807) is 0 Å². The second-order valence-corrected chi connectivity index (χ2v) is 4.22. The maximum absolute atomic E-state index is 11.2. The molecular formula is C12H20N2O3. The highest BCUT2D eigenvalue weighted by Crippen LogP contribution is 2.08. The van der Waals surface area contributed by atoms with E-state index in [2.05, 4.69) is 10.2 Å². The molecule has 0 bridgehead atoms. The molecule has 17 heavy (non-hydrogen) atoms. The fourth-order valence-corrected chi connectivity index (χ4v) is 1.90. The van der Waals surface area contributed by atoms with Gasteiger partial charge in [-0.1, -0.05) is 12.8 Å². The first-order chi connectivity index (χ1) is 8.18. The Labute approximate surface area is 101 Å². The number of amides is 1. The van der Waals surface area contributed by atoms with Gasteiger partial charge in [-0.2, -0.15) is 0 Å². The van der Waals surface area contributed by atoms with Crippen molar-refractivity contribution in [2.24, 2.45) is 0 Å². The van der Waals surface area contributed by atoms with Crippen LogP contribution >= 0.6 is 0 Å². The molecule has 1 aliphatic rings. The van der Waals surface area contributed by atoms with Crippen LogP contribution < -0.4 is 5.32 Å². The van der Waals surface area contributed by atoms with Gasteiger partial charge in [0.1, 0.15) is 0 Å². The van der Waals surface area contributed by atoms with E-state index in [4.69, 9.17) is 5.11 Å². The fraction of sp³-hybridized carbons (Fsp3) is 0.667. The Kier molecular flexibility index (Phi) is 6.32. The van der Waals surface area contributed by atoms with Crippen LogP contribution in [0.2, 0.25) is 0 Å². The molecule has 0 aliphatic carbocycles. The number of carboxylic acid groups (broad SMARTS) is 1. The third-order valence-electron chi connectivity index (χ3n) is 2.80. The number of hydrogen-bond donors (Lipinski definition) is 2. The number of carboxylic acids is 1. The summed E-state index contributed by atoms with van der Waals surface area (Å²) in [5.41, 5.74) is 0. The van der Waals surface area contributed by atoms with E-state index in [9.17, 15) is 9.59 Å². The van der Waals surface area contributed by atoms with Crippen LogP contribution in [0.15, 0.2) is 12.2 Å². The number of carbonyl (C=O) groups is 2. The Morgan fingerprint density at radius 2 is 1.76 bits per heavy atom.